The average molecular weight is 140 g/mol. The van der Waals surface area contributed by atoms with E-state index in [0.29, 0.717) is 0 Å². The Kier molecular flexibility index (Phi) is 5.88. The summed E-state index contributed by atoms with van der Waals surface area (Å²) < 4.78 is 0. The van der Waals surface area contributed by atoms with E-state index < -0.39 is 0 Å². The van der Waals surface area contributed by atoms with Crippen molar-refractivity contribution < 1.29 is 0 Å². The van der Waals surface area contributed by atoms with Crippen molar-refractivity contribution in [1.82, 2.24) is 5.32 Å². The molecule has 0 bridgehead atoms. The summed E-state index contributed by atoms with van der Waals surface area (Å²) in [7, 11) is 1.91. The highest BCUT2D eigenvalue weighted by atomic mass is 14.8. The molecule has 0 aliphatic heterocycles. The van der Waals surface area contributed by atoms with Crippen molar-refractivity contribution in [2.45, 2.75) is 13.3 Å². The summed E-state index contributed by atoms with van der Waals surface area (Å²) >= 11 is 0. The van der Waals surface area contributed by atoms with Gasteiger partial charge in [0.2, 0.25) is 0 Å². The first-order valence-electron chi connectivity index (χ1n) is 3.57. The monoisotopic (exact) mass is 140 g/mol. The summed E-state index contributed by atoms with van der Waals surface area (Å²) in [6.07, 6.45) is 6.82. The molecule has 0 atom stereocenters. The fourth-order valence-electron chi connectivity index (χ4n) is 0.647. The predicted octanol–water partition coefficient (Wildman–Crippen LogP) is 1.01. The summed E-state index contributed by atoms with van der Waals surface area (Å²) in [5.74, 6) is 0. The second kappa shape index (κ2) is 6.36. The molecule has 0 aromatic carbocycles. The molecule has 3 N–H and O–H groups in total. The Balaban J connectivity index is 3.72. The summed E-state index contributed by atoms with van der Waals surface area (Å²) in [4.78, 5) is 0. The van der Waals surface area contributed by atoms with Gasteiger partial charge in [0.05, 0.1) is 0 Å². The zero-order chi connectivity index (χ0) is 7.82. The molecule has 0 spiro atoms. The van der Waals surface area contributed by atoms with Gasteiger partial charge in [0, 0.05) is 6.54 Å². The Bertz CT molecular complexity index is 125. The Labute approximate surface area is 62.8 Å². The summed E-state index contributed by atoms with van der Waals surface area (Å²) in [5.41, 5.74) is 6.48. The molecular formula is C8H16N2. The van der Waals surface area contributed by atoms with Crippen molar-refractivity contribution in [3.05, 3.63) is 23.9 Å². The second-order valence-electron chi connectivity index (χ2n) is 2.08. The van der Waals surface area contributed by atoms with Crippen molar-refractivity contribution >= 4 is 0 Å². The number of hydrogen-bond acceptors (Lipinski definition) is 2. The largest absolute Gasteiger partial charge is 0.404 e. The molecule has 58 valence electrons. The Morgan fingerprint density at radius 3 is 2.70 bits per heavy atom. The predicted molar refractivity (Wildman–Crippen MR) is 45.6 cm³/mol. The topological polar surface area (TPSA) is 38.0 Å². The minimum Gasteiger partial charge on any atom is -0.404 e. The van der Waals surface area contributed by atoms with Gasteiger partial charge in [-0.1, -0.05) is 19.1 Å². The standard InChI is InChI=1S/C8H16N2/c1-3-4-5-8(6-9)7-10-2/h4-6,10H,3,7,9H2,1-2H3/b5-4-,8-6+. The van der Waals surface area contributed by atoms with Crippen molar-refractivity contribution in [2.75, 3.05) is 13.6 Å². The molecule has 10 heavy (non-hydrogen) atoms. The number of nitrogens with one attached hydrogen (secondary N) is 1. The van der Waals surface area contributed by atoms with E-state index in [1.54, 1.807) is 6.20 Å². The van der Waals surface area contributed by atoms with E-state index >= 15 is 0 Å². The van der Waals surface area contributed by atoms with E-state index in [1.165, 1.54) is 0 Å². The number of nitrogens with two attached hydrogens (primary N) is 1. The smallest absolute Gasteiger partial charge is 0.0216 e. The lowest BCUT2D eigenvalue weighted by atomic mass is 10.2. The zero-order valence-corrected chi connectivity index (χ0v) is 6.72. The van der Waals surface area contributed by atoms with E-state index in [4.69, 9.17) is 5.73 Å². The maximum absolute atomic E-state index is 5.35. The van der Waals surface area contributed by atoms with E-state index in [9.17, 15) is 0 Å². The van der Waals surface area contributed by atoms with E-state index in [2.05, 4.69) is 18.3 Å². The van der Waals surface area contributed by atoms with Crippen LogP contribution in [0.1, 0.15) is 13.3 Å². The van der Waals surface area contributed by atoms with Crippen LogP contribution in [-0.2, 0) is 0 Å². The van der Waals surface area contributed by atoms with Crippen molar-refractivity contribution in [2.24, 2.45) is 5.73 Å². The maximum Gasteiger partial charge on any atom is 0.0216 e. The van der Waals surface area contributed by atoms with Crippen LogP contribution in [0, 0.1) is 0 Å². The third kappa shape index (κ3) is 4.15. The molecule has 0 aromatic rings. The molecule has 0 saturated heterocycles. The molecule has 0 radical (unpaired) electrons. The molecule has 0 fully saturated rings. The molecule has 0 aromatic heterocycles. The first-order chi connectivity index (χ1) is 4.85. The first kappa shape index (κ1) is 9.24. The van der Waals surface area contributed by atoms with E-state index in [0.717, 1.165) is 18.5 Å². The first-order valence-corrected chi connectivity index (χ1v) is 3.57. The lowest BCUT2D eigenvalue weighted by molar-refractivity contribution is 0.892. The van der Waals surface area contributed by atoms with Crippen LogP contribution in [0.25, 0.3) is 0 Å². The fraction of sp³-hybridized carbons (Fsp3) is 0.500. The molecule has 0 heterocycles. The number of likely N-dealkylation sites (N-methyl/N-ethyl adjacent to an activating group) is 1. The Hall–Kier alpha value is -0.760. The van der Waals surface area contributed by atoms with Crippen LogP contribution in [0.2, 0.25) is 0 Å². The van der Waals surface area contributed by atoms with Crippen LogP contribution >= 0.6 is 0 Å². The molecule has 0 aliphatic rings. The van der Waals surface area contributed by atoms with Gasteiger partial charge in [0.1, 0.15) is 0 Å². The van der Waals surface area contributed by atoms with Crippen LogP contribution in [-0.4, -0.2) is 13.6 Å². The van der Waals surface area contributed by atoms with Crippen LogP contribution in [0.3, 0.4) is 0 Å². The molecular weight excluding hydrogens is 124 g/mol. The molecule has 0 unspecified atom stereocenters. The van der Waals surface area contributed by atoms with Gasteiger partial charge in [-0.25, -0.2) is 0 Å². The normalized spacial score (nSPS) is 12.8. The fourth-order valence-corrected chi connectivity index (χ4v) is 0.647. The summed E-state index contributed by atoms with van der Waals surface area (Å²) in [6, 6.07) is 0. The van der Waals surface area contributed by atoms with Gasteiger partial charge in [0.15, 0.2) is 0 Å². The number of hydrogen-bond donors (Lipinski definition) is 2. The molecule has 0 rings (SSSR count). The minimum atomic E-state index is 0.840. The van der Waals surface area contributed by atoms with Gasteiger partial charge in [-0.2, -0.15) is 0 Å². The summed E-state index contributed by atoms with van der Waals surface area (Å²) in [5, 5.41) is 3.03. The SMILES string of the molecule is CC/C=C\C(=C/N)CNC. The molecule has 0 aliphatic carbocycles. The van der Waals surface area contributed by atoms with Crippen LogP contribution < -0.4 is 11.1 Å². The number of rotatable bonds is 4. The Morgan fingerprint density at radius 2 is 2.30 bits per heavy atom. The lowest BCUT2D eigenvalue weighted by Crippen LogP contribution is -2.10. The average Bonchev–Trinajstić information content (AvgIpc) is 1.98. The zero-order valence-electron chi connectivity index (χ0n) is 6.72. The van der Waals surface area contributed by atoms with Crippen LogP contribution in [0.15, 0.2) is 23.9 Å². The van der Waals surface area contributed by atoms with Crippen molar-refractivity contribution in [3.63, 3.8) is 0 Å². The van der Waals surface area contributed by atoms with Gasteiger partial charge in [-0.05, 0) is 25.2 Å². The molecule has 2 heteroatoms. The Morgan fingerprint density at radius 1 is 1.60 bits per heavy atom. The highest BCUT2D eigenvalue weighted by Gasteiger charge is 1.85. The van der Waals surface area contributed by atoms with E-state index in [1.807, 2.05) is 13.1 Å². The van der Waals surface area contributed by atoms with Crippen LogP contribution in [0.5, 0.6) is 0 Å². The van der Waals surface area contributed by atoms with Crippen molar-refractivity contribution in [1.29, 1.82) is 0 Å². The van der Waals surface area contributed by atoms with Gasteiger partial charge >= 0.3 is 0 Å². The second-order valence-corrected chi connectivity index (χ2v) is 2.08. The van der Waals surface area contributed by atoms with Gasteiger partial charge in [-0.3, -0.25) is 0 Å². The third-order valence-electron chi connectivity index (χ3n) is 1.16. The van der Waals surface area contributed by atoms with Crippen molar-refractivity contribution in [3.8, 4) is 0 Å². The maximum atomic E-state index is 5.35. The molecule has 0 amide bonds. The van der Waals surface area contributed by atoms with E-state index in [-0.39, 0.29) is 0 Å². The quantitative estimate of drug-likeness (QED) is 0.572. The van der Waals surface area contributed by atoms with Crippen LogP contribution in [0.4, 0.5) is 0 Å². The van der Waals surface area contributed by atoms with Gasteiger partial charge in [0.25, 0.3) is 0 Å². The number of allylic oxidation sites excluding steroid dienone is 1. The molecule has 2 nitrogen and oxygen atoms in total. The molecule has 0 saturated carbocycles. The lowest BCUT2D eigenvalue weighted by Gasteiger charge is -1.97. The van der Waals surface area contributed by atoms with Gasteiger partial charge in [-0.15, -0.1) is 0 Å². The minimum absolute atomic E-state index is 0.840. The van der Waals surface area contributed by atoms with Gasteiger partial charge < -0.3 is 11.1 Å². The highest BCUT2D eigenvalue weighted by Crippen LogP contribution is 1.92. The summed E-state index contributed by atoms with van der Waals surface area (Å²) in [6.45, 7) is 2.94. The highest BCUT2D eigenvalue weighted by molar-refractivity contribution is 5.18. The third-order valence-corrected chi connectivity index (χ3v) is 1.16.